The molecule has 0 saturated heterocycles. The third-order valence-electron chi connectivity index (χ3n) is 6.58. The quantitative estimate of drug-likeness (QED) is 0.228. The molecule has 0 aromatic heterocycles. The van der Waals surface area contributed by atoms with Gasteiger partial charge in [-0.3, -0.25) is 0 Å². The van der Waals surface area contributed by atoms with E-state index in [2.05, 4.69) is 55.4 Å². The van der Waals surface area contributed by atoms with Crippen LogP contribution in [0.5, 0.6) is 0 Å². The summed E-state index contributed by atoms with van der Waals surface area (Å²) < 4.78 is 32.2. The molecule has 0 aliphatic carbocycles. The van der Waals surface area contributed by atoms with Gasteiger partial charge in [0.2, 0.25) is 6.71 Å². The van der Waals surface area contributed by atoms with Gasteiger partial charge in [-0.1, -0.05) is 11.0 Å². The topological polar surface area (TPSA) is 0 Å². The molecule has 34 heavy (non-hydrogen) atoms. The van der Waals surface area contributed by atoms with E-state index in [-0.39, 0.29) is 38.2 Å². The molecule has 0 nitrogen and oxygen atoms in total. The van der Waals surface area contributed by atoms with Crippen LogP contribution in [0.3, 0.4) is 0 Å². The molecule has 13 heteroatoms. The minimum atomic E-state index is -1.02. The normalized spacial score (nSPS) is 11.3. The van der Waals surface area contributed by atoms with Crippen molar-refractivity contribution in [2.75, 3.05) is 0 Å². The second-order valence-electron chi connectivity index (χ2n) is 8.31. The number of rotatable bonds is 3. The van der Waals surface area contributed by atoms with Gasteiger partial charge in [0.05, 0.1) is 0 Å². The second kappa shape index (κ2) is 10.7. The van der Waals surface area contributed by atoms with Gasteiger partial charge in [0.15, 0.2) is 0 Å². The molecule has 3 aromatic rings. The number of hydrogen-bond acceptors (Lipinski definition) is 0. The first kappa shape index (κ1) is 29.0. The van der Waals surface area contributed by atoms with Crippen molar-refractivity contribution >= 4 is 164 Å². The standard InChI is InChI=1S/C21H21B5F2P6/c1-4-5(2)16(29)17(30)12(14(4)27)26(11-9(24)7(22)6(3)8(23)10(11)25)13-15(28)19(32)21(34)20(33)18(13)31/h29-34H2,1-3H3. The molecule has 0 saturated carbocycles. The number of benzene rings is 3. The predicted octanol–water partition coefficient (Wildman–Crippen LogP) is -4.42. The maximum Gasteiger partial charge on any atom is 0.249 e. The van der Waals surface area contributed by atoms with Gasteiger partial charge >= 0.3 is 0 Å². The molecule has 8 radical (unpaired) electrons. The zero-order valence-corrected chi connectivity index (χ0v) is 26.0. The first-order valence-corrected chi connectivity index (χ1v) is 13.6. The highest BCUT2D eigenvalue weighted by Crippen LogP contribution is 2.12. The van der Waals surface area contributed by atoms with Gasteiger partial charge in [-0.15, -0.1) is 77.3 Å². The lowest BCUT2D eigenvalue weighted by atomic mass is 9.32. The van der Waals surface area contributed by atoms with Crippen LogP contribution in [0.1, 0.15) is 16.7 Å². The molecule has 0 bridgehead atoms. The van der Waals surface area contributed by atoms with Gasteiger partial charge in [-0.05, 0) is 69.3 Å². The fraction of sp³-hybridized carbons (Fsp3) is 0.143. The van der Waals surface area contributed by atoms with E-state index in [0.717, 1.165) is 16.2 Å². The minimum Gasteiger partial charge on any atom is -0.207 e. The minimum absolute atomic E-state index is 0.149. The summed E-state index contributed by atoms with van der Waals surface area (Å²) >= 11 is 0. The Morgan fingerprint density at radius 1 is 0.471 bits per heavy atom. The SMILES string of the molecule is [B]c1c([B])c(B(c2c(F)c(C)c(C)c(P)c2P)c2c(F)c(P)c(P)c(P)c2P)c([B])c([B])c1C. The summed E-state index contributed by atoms with van der Waals surface area (Å²) in [7, 11) is 41.0. The van der Waals surface area contributed by atoms with E-state index in [1.54, 1.807) is 13.8 Å². The van der Waals surface area contributed by atoms with E-state index in [1.807, 2.05) is 6.92 Å². The predicted molar refractivity (Wildman–Crippen MR) is 176 cm³/mol. The summed E-state index contributed by atoms with van der Waals surface area (Å²) in [5, 5.41) is 3.66. The Labute approximate surface area is 220 Å². The summed E-state index contributed by atoms with van der Waals surface area (Å²) in [5.74, 6) is -0.982. The van der Waals surface area contributed by atoms with Crippen LogP contribution in [0.2, 0.25) is 0 Å². The van der Waals surface area contributed by atoms with Gasteiger partial charge in [0.25, 0.3) is 0 Å². The summed E-state index contributed by atoms with van der Waals surface area (Å²) in [4.78, 5) is 0. The van der Waals surface area contributed by atoms with Crippen LogP contribution >= 0.6 is 55.4 Å². The largest absolute Gasteiger partial charge is 0.249 e. The molecule has 0 heterocycles. The Balaban J connectivity index is 2.68. The van der Waals surface area contributed by atoms with Crippen LogP contribution < -0.4 is 70.1 Å². The highest BCUT2D eigenvalue weighted by atomic mass is 31.0. The molecular formula is C21H21B5F2P6. The van der Waals surface area contributed by atoms with Gasteiger partial charge in [-0.25, -0.2) is 8.78 Å². The number of hydrogen-bond donors (Lipinski definition) is 0. The maximum absolute atomic E-state index is 16.1. The monoisotopic (exact) mass is 552 g/mol. The van der Waals surface area contributed by atoms with E-state index in [1.165, 1.54) is 0 Å². The second-order valence-corrected chi connectivity index (χ2v) is 11.8. The Morgan fingerprint density at radius 3 is 1.38 bits per heavy atom. The molecule has 3 rings (SSSR count). The lowest BCUT2D eigenvalue weighted by Crippen LogP contribution is -2.73. The molecular weight excluding hydrogens is 530 g/mol. The molecule has 0 amide bonds. The summed E-state index contributed by atoms with van der Waals surface area (Å²) in [6, 6.07) is 0. The zero-order valence-electron chi connectivity index (χ0n) is 19.1. The van der Waals surface area contributed by atoms with Crippen molar-refractivity contribution in [1.29, 1.82) is 0 Å². The molecule has 6 unspecified atom stereocenters. The highest BCUT2D eigenvalue weighted by molar-refractivity contribution is 7.44. The summed E-state index contributed by atoms with van der Waals surface area (Å²) in [5.41, 5.74) is 3.28. The summed E-state index contributed by atoms with van der Waals surface area (Å²) in [6.07, 6.45) is 0. The van der Waals surface area contributed by atoms with E-state index >= 15 is 8.78 Å². The van der Waals surface area contributed by atoms with Crippen molar-refractivity contribution in [3.05, 3.63) is 28.3 Å². The molecule has 0 N–H and O–H groups in total. The van der Waals surface area contributed by atoms with Gasteiger partial charge in [-0.2, -0.15) is 0 Å². The number of halogens is 2. The van der Waals surface area contributed by atoms with Gasteiger partial charge in [0.1, 0.15) is 43.0 Å². The lowest BCUT2D eigenvalue weighted by Gasteiger charge is -2.30. The Bertz CT molecular complexity index is 1130. The summed E-state index contributed by atoms with van der Waals surface area (Å²) in [6.45, 7) is 4.22. The molecule has 3 aromatic carbocycles. The third kappa shape index (κ3) is 4.49. The van der Waals surface area contributed by atoms with Crippen LogP contribution in [0, 0.1) is 32.4 Å². The Morgan fingerprint density at radius 2 is 0.882 bits per heavy atom. The van der Waals surface area contributed by atoms with E-state index in [4.69, 9.17) is 31.4 Å². The van der Waals surface area contributed by atoms with Crippen molar-refractivity contribution in [1.82, 2.24) is 0 Å². The molecule has 0 spiro atoms. The van der Waals surface area contributed by atoms with Gasteiger partial charge < -0.3 is 0 Å². The highest BCUT2D eigenvalue weighted by Gasteiger charge is 2.36. The average molecular weight is 551 g/mol. The van der Waals surface area contributed by atoms with Crippen molar-refractivity contribution in [2.45, 2.75) is 20.8 Å². The fourth-order valence-electron chi connectivity index (χ4n) is 4.14. The van der Waals surface area contributed by atoms with Crippen LogP contribution in [0.15, 0.2) is 0 Å². The molecule has 0 aliphatic rings. The zero-order chi connectivity index (χ0) is 26.0. The molecule has 0 fully saturated rings. The van der Waals surface area contributed by atoms with Crippen molar-refractivity contribution < 1.29 is 8.78 Å². The molecule has 6 atom stereocenters. The third-order valence-corrected chi connectivity index (χ3v) is 11.7. The lowest BCUT2D eigenvalue weighted by molar-refractivity contribution is 0.626. The van der Waals surface area contributed by atoms with E-state index < -0.39 is 18.3 Å². The first-order chi connectivity index (χ1) is 15.7. The molecule has 0 aliphatic heterocycles. The van der Waals surface area contributed by atoms with Crippen LogP contribution in [0.4, 0.5) is 8.78 Å². The Kier molecular flexibility index (Phi) is 9.09. The van der Waals surface area contributed by atoms with Crippen molar-refractivity contribution in [3.63, 3.8) is 0 Å². The van der Waals surface area contributed by atoms with Crippen molar-refractivity contribution in [2.24, 2.45) is 0 Å². The van der Waals surface area contributed by atoms with Crippen LogP contribution in [-0.2, 0) is 0 Å². The maximum atomic E-state index is 16.1. The van der Waals surface area contributed by atoms with Crippen molar-refractivity contribution in [3.8, 4) is 0 Å². The first-order valence-electron chi connectivity index (χ1n) is 10.1. The van der Waals surface area contributed by atoms with Crippen LogP contribution in [0.25, 0.3) is 0 Å². The van der Waals surface area contributed by atoms with Gasteiger partial charge in [0, 0.05) is 5.30 Å². The molecule has 164 valence electrons. The fourth-order valence-corrected chi connectivity index (χ4v) is 6.71. The average Bonchev–Trinajstić information content (AvgIpc) is 2.81. The Hall–Kier alpha value is 0.425. The van der Waals surface area contributed by atoms with E-state index in [0.29, 0.717) is 32.3 Å². The van der Waals surface area contributed by atoms with E-state index in [9.17, 15) is 0 Å². The smallest absolute Gasteiger partial charge is 0.207 e. The van der Waals surface area contributed by atoms with Crippen LogP contribution in [-0.4, -0.2) is 38.1 Å².